The minimum Gasteiger partial charge on any atom is -0.451 e. The van der Waals surface area contributed by atoms with Gasteiger partial charge >= 0.3 is 5.97 Å². The summed E-state index contributed by atoms with van der Waals surface area (Å²) in [6, 6.07) is 0. The van der Waals surface area contributed by atoms with Gasteiger partial charge in [0.2, 0.25) is 0 Å². The molecule has 0 atom stereocenters. The molecule has 5 aliphatic rings. The first kappa shape index (κ1) is 19.4. The first-order valence-corrected chi connectivity index (χ1v) is 11.1. The Bertz CT molecular complexity index is 602. The predicted molar refractivity (Wildman–Crippen MR) is 101 cm³/mol. The summed E-state index contributed by atoms with van der Waals surface area (Å²) in [5.41, 5.74) is -2.00. The van der Waals surface area contributed by atoms with Crippen LogP contribution in [0, 0.1) is 29.1 Å². The van der Waals surface area contributed by atoms with E-state index in [-0.39, 0.29) is 11.9 Å². The molecule has 0 aliphatic heterocycles. The van der Waals surface area contributed by atoms with Gasteiger partial charge in [0, 0.05) is 5.41 Å². The highest BCUT2D eigenvalue weighted by molar-refractivity contribution is 5.73. The Morgan fingerprint density at radius 1 is 0.852 bits per heavy atom. The van der Waals surface area contributed by atoms with Gasteiger partial charge in [-0.25, -0.2) is 8.78 Å². The average Bonchev–Trinajstić information content (AvgIpc) is 2.68. The number of esters is 1. The molecule has 0 amide bonds. The first-order chi connectivity index (χ1) is 12.8. The van der Waals surface area contributed by atoms with Crippen LogP contribution in [-0.4, -0.2) is 11.6 Å². The van der Waals surface area contributed by atoms with Crippen LogP contribution in [0.5, 0.6) is 0 Å². The minimum atomic E-state index is -1.31. The van der Waals surface area contributed by atoms with Crippen molar-refractivity contribution in [1.29, 1.82) is 0 Å². The molecule has 3 fully saturated rings. The maximum Gasteiger partial charge on any atom is 0.309 e. The molecule has 5 rings (SSSR count). The topological polar surface area (TPSA) is 26.3 Å². The van der Waals surface area contributed by atoms with E-state index >= 15 is 0 Å². The number of carbonyl (C=O) groups is 1. The molecule has 0 radical (unpaired) electrons. The Morgan fingerprint density at radius 2 is 1.37 bits per heavy atom. The van der Waals surface area contributed by atoms with E-state index < -0.39 is 22.7 Å². The highest BCUT2D eigenvalue weighted by atomic mass is 19.2. The lowest BCUT2D eigenvalue weighted by Gasteiger charge is -2.48. The summed E-state index contributed by atoms with van der Waals surface area (Å²) < 4.78 is 34.8. The van der Waals surface area contributed by atoms with Gasteiger partial charge in [0.15, 0.2) is 11.4 Å². The molecule has 0 saturated heterocycles. The maximum atomic E-state index is 14.7. The molecule has 0 N–H and O–H groups in total. The zero-order chi connectivity index (χ0) is 19.2. The van der Waals surface area contributed by atoms with E-state index in [2.05, 4.69) is 6.92 Å². The molecule has 0 spiro atoms. The van der Waals surface area contributed by atoms with E-state index in [1.165, 1.54) is 25.7 Å². The molecule has 0 aromatic carbocycles. The van der Waals surface area contributed by atoms with Gasteiger partial charge in [0.25, 0.3) is 0 Å². The van der Waals surface area contributed by atoms with Crippen molar-refractivity contribution in [3.05, 3.63) is 11.7 Å². The molecule has 0 heterocycles. The Balaban J connectivity index is 1.34. The number of ether oxygens (including phenoxy) is 1. The van der Waals surface area contributed by atoms with Gasteiger partial charge in [-0.15, -0.1) is 0 Å². The highest BCUT2D eigenvalue weighted by Gasteiger charge is 2.56. The Hall–Kier alpha value is -0.930. The van der Waals surface area contributed by atoms with E-state index in [1.807, 2.05) is 0 Å². The lowest BCUT2D eigenvalue weighted by atomic mass is 9.62. The first-order valence-electron chi connectivity index (χ1n) is 11.1. The third-order valence-electron chi connectivity index (χ3n) is 8.41. The standard InChI is InChI=1S/C23H34F2O2/c1-15-3-5-16(6-4-15)17-7-9-18(10-8-17)21(26)27-23-13-11-22(2,12-14-23)19(24)20(23)25/h15-18H,3-14H2,1-2H3. The van der Waals surface area contributed by atoms with Crippen molar-refractivity contribution in [3.8, 4) is 0 Å². The second-order valence-corrected chi connectivity index (χ2v) is 10.2. The molecule has 4 heteroatoms. The van der Waals surface area contributed by atoms with Crippen molar-refractivity contribution in [1.82, 2.24) is 0 Å². The molecule has 5 aliphatic carbocycles. The van der Waals surface area contributed by atoms with Crippen molar-refractivity contribution >= 4 is 5.97 Å². The zero-order valence-electron chi connectivity index (χ0n) is 16.9. The van der Waals surface area contributed by atoms with Crippen molar-refractivity contribution < 1.29 is 18.3 Å². The van der Waals surface area contributed by atoms with Crippen LogP contribution >= 0.6 is 0 Å². The van der Waals surface area contributed by atoms with Crippen molar-refractivity contribution in [3.63, 3.8) is 0 Å². The average molecular weight is 381 g/mol. The summed E-state index contributed by atoms with van der Waals surface area (Å²) in [7, 11) is 0. The molecule has 2 nitrogen and oxygen atoms in total. The van der Waals surface area contributed by atoms with Gasteiger partial charge in [0.05, 0.1) is 5.92 Å². The largest absolute Gasteiger partial charge is 0.451 e. The number of carbonyl (C=O) groups excluding carboxylic acids is 1. The van der Waals surface area contributed by atoms with Crippen molar-refractivity contribution in [2.45, 2.75) is 96.5 Å². The molecule has 27 heavy (non-hydrogen) atoms. The molecule has 0 aromatic rings. The number of rotatable bonds is 3. The second kappa shape index (κ2) is 7.15. The fraction of sp³-hybridized carbons (Fsp3) is 0.870. The van der Waals surface area contributed by atoms with E-state index in [9.17, 15) is 13.6 Å². The van der Waals surface area contributed by atoms with Gasteiger partial charge in [0.1, 0.15) is 5.83 Å². The maximum absolute atomic E-state index is 14.7. The summed E-state index contributed by atoms with van der Waals surface area (Å²) in [6.07, 6.45) is 11.2. The van der Waals surface area contributed by atoms with Crippen LogP contribution in [0.4, 0.5) is 8.78 Å². The molecule has 152 valence electrons. The summed E-state index contributed by atoms with van der Waals surface area (Å²) in [6.45, 7) is 4.12. The predicted octanol–water partition coefficient (Wildman–Crippen LogP) is 6.65. The molecular formula is C23H34F2O2. The van der Waals surface area contributed by atoms with Gasteiger partial charge < -0.3 is 4.74 Å². The van der Waals surface area contributed by atoms with Crippen molar-refractivity contribution in [2.75, 3.05) is 0 Å². The normalized spacial score (nSPS) is 45.0. The van der Waals surface area contributed by atoms with Crippen LogP contribution in [-0.2, 0) is 9.53 Å². The number of hydrogen-bond acceptors (Lipinski definition) is 2. The van der Waals surface area contributed by atoms with Crippen LogP contribution in [0.2, 0.25) is 0 Å². The van der Waals surface area contributed by atoms with Crippen LogP contribution in [0.1, 0.15) is 90.9 Å². The third kappa shape index (κ3) is 3.46. The fourth-order valence-electron chi connectivity index (χ4n) is 6.12. The summed E-state index contributed by atoms with van der Waals surface area (Å²) in [5, 5.41) is 0. The van der Waals surface area contributed by atoms with E-state index in [0.717, 1.165) is 43.4 Å². The lowest BCUT2D eigenvalue weighted by molar-refractivity contribution is -0.173. The summed E-state index contributed by atoms with van der Waals surface area (Å²) >= 11 is 0. The second-order valence-electron chi connectivity index (χ2n) is 10.2. The number of allylic oxidation sites excluding steroid dienone is 1. The quantitative estimate of drug-likeness (QED) is 0.513. The molecule has 0 aromatic heterocycles. The van der Waals surface area contributed by atoms with Gasteiger partial charge in [-0.2, -0.15) is 0 Å². The minimum absolute atomic E-state index is 0.135. The van der Waals surface area contributed by atoms with Gasteiger partial charge in [-0.1, -0.05) is 26.7 Å². The lowest BCUT2D eigenvalue weighted by Crippen LogP contribution is -2.49. The molecular weight excluding hydrogens is 346 g/mol. The zero-order valence-corrected chi connectivity index (χ0v) is 16.9. The third-order valence-corrected chi connectivity index (χ3v) is 8.41. The molecule has 0 unspecified atom stereocenters. The Kier molecular flexibility index (Phi) is 5.13. The smallest absolute Gasteiger partial charge is 0.309 e. The van der Waals surface area contributed by atoms with Crippen molar-refractivity contribution in [2.24, 2.45) is 29.1 Å². The molecule has 2 bridgehead atoms. The Morgan fingerprint density at radius 3 is 1.93 bits per heavy atom. The van der Waals surface area contributed by atoms with Gasteiger partial charge in [-0.3, -0.25) is 4.79 Å². The van der Waals surface area contributed by atoms with E-state index in [4.69, 9.17) is 4.74 Å². The SMILES string of the molecule is CC1CCC(C2CCC(C(=O)OC34CCC(C)(CC3)C(F)=C4F)CC2)CC1. The number of fused-ring (bicyclic) bond motifs is 2. The van der Waals surface area contributed by atoms with E-state index in [0.29, 0.717) is 25.7 Å². The summed E-state index contributed by atoms with van der Waals surface area (Å²) in [4.78, 5) is 12.8. The Labute approximate surface area is 162 Å². The number of halogens is 2. The van der Waals surface area contributed by atoms with Crippen LogP contribution < -0.4 is 0 Å². The fourth-order valence-corrected chi connectivity index (χ4v) is 6.12. The molecule has 3 saturated carbocycles. The van der Waals surface area contributed by atoms with Crippen LogP contribution in [0.3, 0.4) is 0 Å². The van der Waals surface area contributed by atoms with Gasteiger partial charge in [-0.05, 0) is 82.0 Å². The summed E-state index contributed by atoms with van der Waals surface area (Å²) in [5.74, 6) is 0.509. The van der Waals surface area contributed by atoms with Crippen LogP contribution in [0.15, 0.2) is 11.7 Å². The monoisotopic (exact) mass is 380 g/mol. The highest BCUT2D eigenvalue weighted by Crippen LogP contribution is 2.57. The van der Waals surface area contributed by atoms with Crippen LogP contribution in [0.25, 0.3) is 0 Å². The number of hydrogen-bond donors (Lipinski definition) is 0. The van der Waals surface area contributed by atoms with E-state index in [1.54, 1.807) is 6.92 Å².